The van der Waals surface area contributed by atoms with Crippen molar-refractivity contribution in [2.24, 2.45) is 0 Å². The maximum atomic E-state index is 5.65. The van der Waals surface area contributed by atoms with E-state index in [0.717, 1.165) is 24.7 Å². The molecule has 0 spiro atoms. The topological polar surface area (TPSA) is 55.0 Å². The van der Waals surface area contributed by atoms with Gasteiger partial charge in [-0.15, -0.1) is 0 Å². The average Bonchev–Trinajstić information content (AvgIpc) is 2.53. The minimum atomic E-state index is 0.564. The van der Waals surface area contributed by atoms with Gasteiger partial charge in [0.2, 0.25) is 0 Å². The van der Waals surface area contributed by atoms with Crippen LogP contribution in [0.15, 0.2) is 6.07 Å². The Labute approximate surface area is 77.8 Å². The van der Waals surface area contributed by atoms with E-state index in [9.17, 15) is 0 Å². The van der Waals surface area contributed by atoms with Gasteiger partial charge in [0.05, 0.1) is 0 Å². The number of hydrogen-bond acceptors (Lipinski definition) is 4. The van der Waals surface area contributed by atoms with Crippen LogP contribution in [0.1, 0.15) is 18.7 Å². The lowest BCUT2D eigenvalue weighted by Gasteiger charge is -2.16. The lowest BCUT2D eigenvalue weighted by Crippen LogP contribution is -2.19. The van der Waals surface area contributed by atoms with Crippen LogP contribution < -0.4 is 10.6 Å². The van der Waals surface area contributed by atoms with E-state index in [2.05, 4.69) is 14.9 Å². The quantitative estimate of drug-likeness (QED) is 0.696. The van der Waals surface area contributed by atoms with E-state index in [-0.39, 0.29) is 0 Å². The molecule has 0 saturated carbocycles. The van der Waals surface area contributed by atoms with Gasteiger partial charge in [0.15, 0.2) is 0 Å². The van der Waals surface area contributed by atoms with Crippen LogP contribution in [-0.4, -0.2) is 23.1 Å². The molecule has 1 aliphatic rings. The summed E-state index contributed by atoms with van der Waals surface area (Å²) in [5, 5.41) is 0. The zero-order chi connectivity index (χ0) is 9.26. The Morgan fingerprint density at radius 2 is 2.00 bits per heavy atom. The van der Waals surface area contributed by atoms with E-state index in [1.54, 1.807) is 0 Å². The Morgan fingerprint density at radius 1 is 1.31 bits per heavy atom. The summed E-state index contributed by atoms with van der Waals surface area (Å²) in [5.74, 6) is 2.29. The number of aryl methyl sites for hydroxylation is 1. The minimum Gasteiger partial charge on any atom is -0.384 e. The maximum Gasteiger partial charge on any atom is 0.134 e. The summed E-state index contributed by atoms with van der Waals surface area (Å²) in [6, 6.07) is 1.85. The smallest absolute Gasteiger partial charge is 0.134 e. The van der Waals surface area contributed by atoms with E-state index in [1.165, 1.54) is 12.8 Å². The maximum absolute atomic E-state index is 5.65. The van der Waals surface area contributed by atoms with E-state index in [1.807, 2.05) is 13.0 Å². The van der Waals surface area contributed by atoms with Crippen molar-refractivity contribution in [3.8, 4) is 0 Å². The van der Waals surface area contributed by atoms with Gasteiger partial charge in [-0.25, -0.2) is 9.97 Å². The fraction of sp³-hybridized carbons (Fsp3) is 0.556. The van der Waals surface area contributed by atoms with Crippen LogP contribution in [-0.2, 0) is 0 Å². The molecule has 2 rings (SSSR count). The third-order valence-electron chi connectivity index (χ3n) is 2.27. The second kappa shape index (κ2) is 3.20. The molecule has 0 aliphatic carbocycles. The van der Waals surface area contributed by atoms with Crippen LogP contribution in [0.3, 0.4) is 0 Å². The third-order valence-corrected chi connectivity index (χ3v) is 2.27. The first-order valence-corrected chi connectivity index (χ1v) is 4.62. The van der Waals surface area contributed by atoms with Crippen molar-refractivity contribution in [1.82, 2.24) is 9.97 Å². The van der Waals surface area contributed by atoms with E-state index in [0.29, 0.717) is 5.82 Å². The number of nitrogen functional groups attached to an aromatic ring is 1. The lowest BCUT2D eigenvalue weighted by atomic mass is 10.4. The van der Waals surface area contributed by atoms with Crippen molar-refractivity contribution in [1.29, 1.82) is 0 Å². The molecule has 1 aromatic heterocycles. The predicted octanol–water partition coefficient (Wildman–Crippen LogP) is 0.967. The van der Waals surface area contributed by atoms with Gasteiger partial charge in [0.1, 0.15) is 17.5 Å². The first-order valence-electron chi connectivity index (χ1n) is 4.62. The number of rotatable bonds is 1. The largest absolute Gasteiger partial charge is 0.384 e. The summed E-state index contributed by atoms with van der Waals surface area (Å²) in [7, 11) is 0. The van der Waals surface area contributed by atoms with Crippen LogP contribution in [0.25, 0.3) is 0 Å². The molecule has 2 N–H and O–H groups in total. The highest BCUT2D eigenvalue weighted by Gasteiger charge is 2.14. The van der Waals surface area contributed by atoms with Crippen molar-refractivity contribution in [2.45, 2.75) is 19.8 Å². The highest BCUT2D eigenvalue weighted by atomic mass is 15.2. The van der Waals surface area contributed by atoms with Gasteiger partial charge in [-0.3, -0.25) is 0 Å². The van der Waals surface area contributed by atoms with Gasteiger partial charge >= 0.3 is 0 Å². The number of anilines is 2. The molecular formula is C9H14N4. The van der Waals surface area contributed by atoms with E-state index >= 15 is 0 Å². The Morgan fingerprint density at radius 3 is 2.62 bits per heavy atom. The Hall–Kier alpha value is -1.32. The molecule has 1 aromatic rings. The zero-order valence-electron chi connectivity index (χ0n) is 7.82. The third kappa shape index (κ3) is 1.71. The Bertz CT molecular complexity index is 284. The van der Waals surface area contributed by atoms with Gasteiger partial charge in [-0.05, 0) is 19.8 Å². The molecule has 1 fully saturated rings. The number of nitrogens with two attached hydrogens (primary N) is 1. The van der Waals surface area contributed by atoms with Crippen molar-refractivity contribution >= 4 is 11.6 Å². The first-order chi connectivity index (χ1) is 6.25. The molecule has 1 aliphatic heterocycles. The lowest BCUT2D eigenvalue weighted by molar-refractivity contribution is 0.912. The molecule has 4 nitrogen and oxygen atoms in total. The molecule has 4 heteroatoms. The average molecular weight is 178 g/mol. The highest BCUT2D eigenvalue weighted by molar-refractivity contribution is 5.47. The molecular weight excluding hydrogens is 164 g/mol. The van der Waals surface area contributed by atoms with Gasteiger partial charge in [-0.1, -0.05) is 0 Å². The van der Waals surface area contributed by atoms with Gasteiger partial charge < -0.3 is 10.6 Å². The van der Waals surface area contributed by atoms with Crippen LogP contribution in [0.2, 0.25) is 0 Å². The van der Waals surface area contributed by atoms with Crippen molar-refractivity contribution in [3.05, 3.63) is 11.9 Å². The SMILES string of the molecule is Cc1nc(N)cc(N2CCCC2)n1. The summed E-state index contributed by atoms with van der Waals surface area (Å²) >= 11 is 0. The fourth-order valence-corrected chi connectivity index (χ4v) is 1.68. The van der Waals surface area contributed by atoms with Crippen molar-refractivity contribution in [2.75, 3.05) is 23.7 Å². The Balaban J connectivity index is 2.28. The van der Waals surface area contributed by atoms with Crippen LogP contribution in [0.5, 0.6) is 0 Å². The summed E-state index contributed by atoms with van der Waals surface area (Å²) in [4.78, 5) is 10.7. The summed E-state index contributed by atoms with van der Waals surface area (Å²) < 4.78 is 0. The van der Waals surface area contributed by atoms with Crippen molar-refractivity contribution < 1.29 is 0 Å². The highest BCUT2D eigenvalue weighted by Crippen LogP contribution is 2.18. The molecule has 0 amide bonds. The molecule has 13 heavy (non-hydrogen) atoms. The second-order valence-corrected chi connectivity index (χ2v) is 3.39. The van der Waals surface area contributed by atoms with Crippen LogP contribution in [0.4, 0.5) is 11.6 Å². The molecule has 0 unspecified atom stereocenters. The first kappa shape index (κ1) is 8.29. The number of aromatic nitrogens is 2. The minimum absolute atomic E-state index is 0.564. The molecule has 2 heterocycles. The molecule has 0 bridgehead atoms. The van der Waals surface area contributed by atoms with Crippen LogP contribution >= 0.6 is 0 Å². The predicted molar refractivity (Wildman–Crippen MR) is 52.6 cm³/mol. The standard InChI is InChI=1S/C9H14N4/c1-7-11-8(10)6-9(12-7)13-4-2-3-5-13/h6H,2-5H2,1H3,(H2,10,11,12). The summed E-state index contributed by atoms with van der Waals surface area (Å²) in [6.45, 7) is 4.06. The van der Waals surface area contributed by atoms with Gasteiger partial charge in [0.25, 0.3) is 0 Å². The van der Waals surface area contributed by atoms with E-state index in [4.69, 9.17) is 5.73 Å². The number of hydrogen-bond donors (Lipinski definition) is 1. The zero-order valence-corrected chi connectivity index (χ0v) is 7.82. The van der Waals surface area contributed by atoms with Crippen LogP contribution in [0, 0.1) is 6.92 Å². The Kier molecular flexibility index (Phi) is 2.04. The molecule has 1 saturated heterocycles. The molecule has 0 atom stereocenters. The second-order valence-electron chi connectivity index (χ2n) is 3.39. The monoisotopic (exact) mass is 178 g/mol. The molecule has 0 aromatic carbocycles. The summed E-state index contributed by atoms with van der Waals surface area (Å²) in [5.41, 5.74) is 5.65. The van der Waals surface area contributed by atoms with Gasteiger partial charge in [-0.2, -0.15) is 0 Å². The van der Waals surface area contributed by atoms with E-state index < -0.39 is 0 Å². The van der Waals surface area contributed by atoms with Crippen molar-refractivity contribution in [3.63, 3.8) is 0 Å². The molecule has 70 valence electrons. The summed E-state index contributed by atoms with van der Waals surface area (Å²) in [6.07, 6.45) is 2.51. The molecule has 0 radical (unpaired) electrons. The normalized spacial score (nSPS) is 16.5. The van der Waals surface area contributed by atoms with Gasteiger partial charge in [0, 0.05) is 19.2 Å². The number of nitrogens with zero attached hydrogens (tertiary/aromatic N) is 3. The fourth-order valence-electron chi connectivity index (χ4n) is 1.68.